The van der Waals surface area contributed by atoms with Crippen LogP contribution < -0.4 is 10.0 Å². The van der Waals surface area contributed by atoms with Crippen LogP contribution in [0.4, 0.5) is 18.9 Å². The highest BCUT2D eigenvalue weighted by molar-refractivity contribution is 7.94. The van der Waals surface area contributed by atoms with E-state index in [9.17, 15) is 31.5 Å². The summed E-state index contributed by atoms with van der Waals surface area (Å²) >= 11 is 6.53. The molecule has 1 heterocycles. The topological polar surface area (TPSA) is 95.5 Å². The number of aryl methyl sites for hydroxylation is 1. The number of hydrogen-bond donors (Lipinski definition) is 3. The summed E-state index contributed by atoms with van der Waals surface area (Å²) in [7, 11) is -4.33. The number of nitrogens with one attached hydrogen (secondary N) is 2. The van der Waals surface area contributed by atoms with E-state index in [2.05, 4.69) is 10.0 Å². The Bertz CT molecular complexity index is 1260. The van der Waals surface area contributed by atoms with Gasteiger partial charge in [-0.3, -0.25) is 9.52 Å². The minimum absolute atomic E-state index is 0.0586. The van der Waals surface area contributed by atoms with Crippen molar-refractivity contribution in [2.24, 2.45) is 0 Å². The predicted molar refractivity (Wildman–Crippen MR) is 120 cm³/mol. The summed E-state index contributed by atoms with van der Waals surface area (Å²) in [5, 5.41) is 12.5. The van der Waals surface area contributed by atoms with Gasteiger partial charge in [0.1, 0.15) is 4.21 Å². The van der Waals surface area contributed by atoms with E-state index in [-0.39, 0.29) is 26.2 Å². The number of rotatable bonds is 7. The zero-order valence-corrected chi connectivity index (χ0v) is 19.4. The third-order valence-corrected chi connectivity index (χ3v) is 8.09. The van der Waals surface area contributed by atoms with E-state index < -0.39 is 39.5 Å². The molecular formula is C21H18ClF3N2O4S2. The molecule has 0 aliphatic carbocycles. The van der Waals surface area contributed by atoms with Gasteiger partial charge < -0.3 is 10.4 Å². The van der Waals surface area contributed by atoms with Crippen molar-refractivity contribution in [1.82, 2.24) is 5.32 Å². The maximum atomic E-state index is 13.0. The lowest BCUT2D eigenvalue weighted by atomic mass is 10.1. The average molecular weight is 519 g/mol. The van der Waals surface area contributed by atoms with Gasteiger partial charge in [-0.15, -0.1) is 11.3 Å². The van der Waals surface area contributed by atoms with Crippen LogP contribution in [0.15, 0.2) is 58.8 Å². The summed E-state index contributed by atoms with van der Waals surface area (Å²) in [5.41, 5.74) is -0.671. The second kappa shape index (κ2) is 9.72. The molecule has 0 radical (unpaired) electrons. The third-order valence-electron chi connectivity index (χ3n) is 4.52. The van der Waals surface area contributed by atoms with Gasteiger partial charge in [0.2, 0.25) is 0 Å². The van der Waals surface area contributed by atoms with Crippen LogP contribution in [0.5, 0.6) is 0 Å². The van der Waals surface area contributed by atoms with Gasteiger partial charge in [0.15, 0.2) is 0 Å². The van der Waals surface area contributed by atoms with E-state index in [1.54, 1.807) is 30.3 Å². The minimum Gasteiger partial charge on any atom is -0.387 e. The Morgan fingerprint density at radius 2 is 1.82 bits per heavy atom. The number of halogens is 4. The van der Waals surface area contributed by atoms with E-state index >= 15 is 0 Å². The van der Waals surface area contributed by atoms with Crippen LogP contribution in [0.25, 0.3) is 0 Å². The van der Waals surface area contributed by atoms with Gasteiger partial charge in [-0.1, -0.05) is 41.9 Å². The Hall–Kier alpha value is -2.60. The number of carbonyl (C=O) groups excluding carboxylic acids is 1. The van der Waals surface area contributed by atoms with Gasteiger partial charge in [-0.25, -0.2) is 8.42 Å². The molecule has 33 heavy (non-hydrogen) atoms. The molecule has 0 unspecified atom stereocenters. The number of aliphatic hydroxyl groups is 1. The first-order chi connectivity index (χ1) is 15.4. The lowest BCUT2D eigenvalue weighted by molar-refractivity contribution is -0.137. The van der Waals surface area contributed by atoms with E-state index in [4.69, 9.17) is 11.6 Å². The second-order valence-corrected chi connectivity index (χ2v) is 10.4. The Morgan fingerprint density at radius 1 is 1.15 bits per heavy atom. The molecule has 3 aromatic rings. The molecule has 3 rings (SSSR count). The summed E-state index contributed by atoms with van der Waals surface area (Å²) in [6.45, 7) is 1.36. The Balaban J connectivity index is 1.77. The molecule has 3 N–H and O–H groups in total. The largest absolute Gasteiger partial charge is 0.416 e. The SMILES string of the molecule is Cc1cc(C(=O)NC[C@H](O)c2ccccc2)sc1S(=O)(=O)Nc1cc(C(F)(F)F)ccc1Cl. The van der Waals surface area contributed by atoms with Crippen LogP contribution in [0.2, 0.25) is 5.02 Å². The summed E-state index contributed by atoms with van der Waals surface area (Å²) in [4.78, 5) is 12.5. The quantitative estimate of drug-likeness (QED) is 0.410. The normalized spacial score (nSPS) is 12.9. The number of aliphatic hydroxyl groups excluding tert-OH is 1. The average Bonchev–Trinajstić information content (AvgIpc) is 3.16. The van der Waals surface area contributed by atoms with Gasteiger partial charge in [0.05, 0.1) is 27.3 Å². The maximum absolute atomic E-state index is 13.0. The number of alkyl halides is 3. The predicted octanol–water partition coefficient (Wildman–Crippen LogP) is 4.99. The molecule has 176 valence electrons. The maximum Gasteiger partial charge on any atom is 0.416 e. The first-order valence-corrected chi connectivity index (χ1v) is 12.1. The van der Waals surface area contributed by atoms with Crippen molar-refractivity contribution in [3.8, 4) is 0 Å². The first kappa shape index (κ1) is 25.0. The highest BCUT2D eigenvalue weighted by atomic mass is 35.5. The smallest absolute Gasteiger partial charge is 0.387 e. The molecule has 0 saturated carbocycles. The zero-order chi connectivity index (χ0) is 24.4. The highest BCUT2D eigenvalue weighted by Crippen LogP contribution is 2.36. The summed E-state index contributed by atoms with van der Waals surface area (Å²) < 4.78 is 66.3. The molecule has 0 saturated heterocycles. The number of benzene rings is 2. The van der Waals surface area contributed by atoms with Crippen molar-refractivity contribution in [2.75, 3.05) is 11.3 Å². The molecule has 0 aliphatic rings. The summed E-state index contributed by atoms with van der Waals surface area (Å²) in [5.74, 6) is -0.600. The van der Waals surface area contributed by atoms with Crippen molar-refractivity contribution in [3.63, 3.8) is 0 Å². The number of anilines is 1. The minimum atomic E-state index is -4.68. The van der Waals surface area contributed by atoms with Crippen LogP contribution in [-0.2, 0) is 16.2 Å². The highest BCUT2D eigenvalue weighted by Gasteiger charge is 2.32. The van der Waals surface area contributed by atoms with Gasteiger partial charge in [0.25, 0.3) is 15.9 Å². The van der Waals surface area contributed by atoms with Crippen LogP contribution in [0, 0.1) is 6.92 Å². The Kier molecular flexibility index (Phi) is 7.37. The molecule has 0 fully saturated rings. The molecular weight excluding hydrogens is 501 g/mol. The van der Waals surface area contributed by atoms with Crippen molar-refractivity contribution in [1.29, 1.82) is 0 Å². The fourth-order valence-electron chi connectivity index (χ4n) is 2.88. The molecule has 1 aromatic heterocycles. The monoisotopic (exact) mass is 518 g/mol. The zero-order valence-electron chi connectivity index (χ0n) is 17.0. The number of amides is 1. The number of carbonyl (C=O) groups is 1. The molecule has 0 aliphatic heterocycles. The van der Waals surface area contributed by atoms with Gasteiger partial charge in [-0.05, 0) is 42.3 Å². The van der Waals surface area contributed by atoms with Crippen molar-refractivity contribution in [2.45, 2.75) is 23.4 Å². The fourth-order valence-corrected chi connectivity index (χ4v) is 5.79. The van der Waals surface area contributed by atoms with E-state index in [0.29, 0.717) is 23.0 Å². The standard InChI is InChI=1S/C21H18ClF3N2O4S2/c1-12-9-18(19(29)26-11-17(28)13-5-3-2-4-6-13)32-20(12)33(30,31)27-16-10-14(21(23,24)25)7-8-15(16)22/h2-10,17,27-28H,11H2,1H3,(H,26,29)/t17-/m0/s1. The molecule has 1 atom stereocenters. The van der Waals surface area contributed by atoms with Crippen molar-refractivity contribution < 1.29 is 31.5 Å². The number of sulfonamides is 1. The molecule has 1 amide bonds. The van der Waals surface area contributed by atoms with Gasteiger partial charge in [0, 0.05) is 6.54 Å². The van der Waals surface area contributed by atoms with E-state index in [0.717, 1.165) is 12.1 Å². The van der Waals surface area contributed by atoms with Gasteiger partial charge in [-0.2, -0.15) is 13.2 Å². The number of thiophene rings is 1. The molecule has 0 bridgehead atoms. The fraction of sp³-hybridized carbons (Fsp3) is 0.190. The summed E-state index contributed by atoms with van der Waals surface area (Å²) in [6, 6.07) is 12.3. The molecule has 12 heteroatoms. The van der Waals surface area contributed by atoms with Crippen LogP contribution >= 0.6 is 22.9 Å². The van der Waals surface area contributed by atoms with Crippen molar-refractivity contribution >= 4 is 44.6 Å². The third kappa shape index (κ3) is 6.05. The molecule has 0 spiro atoms. The van der Waals surface area contributed by atoms with Crippen molar-refractivity contribution in [3.05, 3.63) is 81.2 Å². The lowest BCUT2D eigenvalue weighted by Gasteiger charge is -2.12. The molecule has 2 aromatic carbocycles. The van der Waals surface area contributed by atoms with E-state index in [1.807, 2.05) is 0 Å². The summed E-state index contributed by atoms with van der Waals surface area (Å²) in [6.07, 6.45) is -5.64. The number of hydrogen-bond acceptors (Lipinski definition) is 5. The van der Waals surface area contributed by atoms with Gasteiger partial charge >= 0.3 is 6.18 Å². The van der Waals surface area contributed by atoms with E-state index in [1.165, 1.54) is 13.0 Å². The van der Waals surface area contributed by atoms with Crippen LogP contribution in [-0.4, -0.2) is 26.0 Å². The van der Waals surface area contributed by atoms with Crippen LogP contribution in [0.1, 0.15) is 32.5 Å². The lowest BCUT2D eigenvalue weighted by Crippen LogP contribution is -2.27. The first-order valence-electron chi connectivity index (χ1n) is 9.39. The Morgan fingerprint density at radius 3 is 2.45 bits per heavy atom. The molecule has 6 nitrogen and oxygen atoms in total. The Labute approximate surface area is 197 Å². The second-order valence-electron chi connectivity index (χ2n) is 7.02. The van der Waals surface area contributed by atoms with Crippen LogP contribution in [0.3, 0.4) is 0 Å².